The van der Waals surface area contributed by atoms with Crippen LogP contribution in [0.5, 0.6) is 0 Å². The van der Waals surface area contributed by atoms with Gasteiger partial charge in [0.05, 0.1) is 0 Å². The third-order valence-corrected chi connectivity index (χ3v) is 4.71. The Bertz CT molecular complexity index is 736. The second kappa shape index (κ2) is 8.52. The quantitative estimate of drug-likeness (QED) is 0.843. The van der Waals surface area contributed by atoms with Gasteiger partial charge in [0.2, 0.25) is 11.8 Å². The number of piperazine rings is 1. The summed E-state index contributed by atoms with van der Waals surface area (Å²) in [5.74, 6) is -0.370. The number of carbonyl (C=O) groups is 2. The van der Waals surface area contributed by atoms with Gasteiger partial charge in [-0.25, -0.2) is 0 Å². The first-order valence-corrected chi connectivity index (χ1v) is 9.12. The van der Waals surface area contributed by atoms with Crippen LogP contribution in [0.3, 0.4) is 0 Å². The molecule has 2 aromatic rings. The van der Waals surface area contributed by atoms with Crippen molar-refractivity contribution in [1.29, 1.82) is 0 Å². The van der Waals surface area contributed by atoms with E-state index in [-0.39, 0.29) is 18.2 Å². The fourth-order valence-corrected chi connectivity index (χ4v) is 3.13. The Balaban J connectivity index is 1.47. The highest BCUT2D eigenvalue weighted by Crippen LogP contribution is 2.16. The second-order valence-corrected chi connectivity index (χ2v) is 6.48. The van der Waals surface area contributed by atoms with Crippen molar-refractivity contribution in [2.24, 2.45) is 0 Å². The number of nitrogens with one attached hydrogen (secondary N) is 1. The lowest BCUT2D eigenvalue weighted by Crippen LogP contribution is -2.49. The van der Waals surface area contributed by atoms with Gasteiger partial charge >= 0.3 is 0 Å². The first-order valence-electron chi connectivity index (χ1n) is 9.12. The maximum Gasteiger partial charge on any atom is 0.233 e. The van der Waals surface area contributed by atoms with Gasteiger partial charge in [0.25, 0.3) is 0 Å². The van der Waals surface area contributed by atoms with E-state index in [1.165, 1.54) is 11.3 Å². The van der Waals surface area contributed by atoms with Gasteiger partial charge in [0.15, 0.2) is 0 Å². The minimum absolute atomic E-state index is 0.110. The molecule has 0 bridgehead atoms. The van der Waals surface area contributed by atoms with Crippen LogP contribution < -0.4 is 10.2 Å². The van der Waals surface area contributed by atoms with E-state index in [1.54, 1.807) is 4.90 Å². The van der Waals surface area contributed by atoms with E-state index in [2.05, 4.69) is 29.3 Å². The molecule has 1 saturated heterocycles. The van der Waals surface area contributed by atoms with E-state index < -0.39 is 0 Å². The van der Waals surface area contributed by atoms with Gasteiger partial charge in [-0.15, -0.1) is 0 Å². The lowest BCUT2D eigenvalue weighted by Gasteiger charge is -2.36. The fraction of sp³-hybridized carbons (Fsp3) is 0.333. The van der Waals surface area contributed by atoms with Crippen molar-refractivity contribution in [1.82, 2.24) is 4.90 Å². The fourth-order valence-electron chi connectivity index (χ4n) is 3.13. The molecule has 1 heterocycles. The standard InChI is InChI=1S/C21H25N3O2/c1-2-17-8-10-18(11-9-17)22-20(25)16-21(26)24-14-12-23(13-15-24)19-6-4-3-5-7-19/h3-11H,2,12-16H2,1H3,(H,22,25). The maximum atomic E-state index is 12.4. The van der Waals surface area contributed by atoms with Crippen LogP contribution in [0.4, 0.5) is 11.4 Å². The molecule has 1 aliphatic rings. The molecule has 1 aliphatic heterocycles. The van der Waals surface area contributed by atoms with Crippen molar-refractivity contribution in [3.8, 4) is 0 Å². The van der Waals surface area contributed by atoms with Gasteiger partial charge in [-0.1, -0.05) is 37.3 Å². The average Bonchev–Trinajstić information content (AvgIpc) is 2.69. The minimum Gasteiger partial charge on any atom is -0.368 e. The normalized spacial score (nSPS) is 14.2. The summed E-state index contributed by atoms with van der Waals surface area (Å²) >= 11 is 0. The molecular weight excluding hydrogens is 326 g/mol. The Hall–Kier alpha value is -2.82. The zero-order valence-electron chi connectivity index (χ0n) is 15.1. The number of carbonyl (C=O) groups excluding carboxylic acids is 2. The lowest BCUT2D eigenvalue weighted by atomic mass is 10.1. The largest absolute Gasteiger partial charge is 0.368 e. The van der Waals surface area contributed by atoms with Crippen molar-refractivity contribution in [2.75, 3.05) is 36.4 Å². The summed E-state index contributed by atoms with van der Waals surface area (Å²) in [4.78, 5) is 28.6. The zero-order valence-corrected chi connectivity index (χ0v) is 15.1. The van der Waals surface area contributed by atoms with Crippen molar-refractivity contribution in [3.63, 3.8) is 0 Å². The molecule has 3 rings (SSSR count). The highest BCUT2D eigenvalue weighted by atomic mass is 16.2. The highest BCUT2D eigenvalue weighted by Gasteiger charge is 2.22. The van der Waals surface area contributed by atoms with Crippen LogP contribution in [0.2, 0.25) is 0 Å². The summed E-state index contributed by atoms with van der Waals surface area (Å²) in [5.41, 5.74) is 3.12. The molecular formula is C21H25N3O2. The van der Waals surface area contributed by atoms with E-state index in [9.17, 15) is 9.59 Å². The van der Waals surface area contributed by atoms with Crippen molar-refractivity contribution >= 4 is 23.2 Å². The second-order valence-electron chi connectivity index (χ2n) is 6.48. The lowest BCUT2D eigenvalue weighted by molar-refractivity contribution is -0.134. The highest BCUT2D eigenvalue weighted by molar-refractivity contribution is 6.03. The van der Waals surface area contributed by atoms with Crippen LogP contribution in [0, 0.1) is 0 Å². The number of para-hydroxylation sites is 1. The molecule has 5 nitrogen and oxygen atoms in total. The van der Waals surface area contributed by atoms with Crippen molar-refractivity contribution < 1.29 is 9.59 Å². The molecule has 0 radical (unpaired) electrons. The van der Waals surface area contributed by atoms with Crippen LogP contribution in [0.1, 0.15) is 18.9 Å². The molecule has 0 unspecified atom stereocenters. The SMILES string of the molecule is CCc1ccc(NC(=O)CC(=O)N2CCN(c3ccccc3)CC2)cc1. The first kappa shape index (κ1) is 18.0. The van der Waals surface area contributed by atoms with Crippen LogP contribution in [0.25, 0.3) is 0 Å². The summed E-state index contributed by atoms with van der Waals surface area (Å²) in [7, 11) is 0. The summed E-state index contributed by atoms with van der Waals surface area (Å²) in [5, 5.41) is 2.80. The molecule has 0 aromatic heterocycles. The molecule has 0 atom stereocenters. The molecule has 5 heteroatoms. The Labute approximate surface area is 154 Å². The Morgan fingerprint density at radius 3 is 2.19 bits per heavy atom. The minimum atomic E-state index is -0.260. The van der Waals surface area contributed by atoms with Crippen molar-refractivity contribution in [3.05, 3.63) is 60.2 Å². The molecule has 136 valence electrons. The van der Waals surface area contributed by atoms with E-state index >= 15 is 0 Å². The van der Waals surface area contributed by atoms with E-state index in [4.69, 9.17) is 0 Å². The monoisotopic (exact) mass is 351 g/mol. The molecule has 1 N–H and O–H groups in total. The molecule has 2 amide bonds. The van der Waals surface area contributed by atoms with E-state index in [0.717, 1.165) is 25.2 Å². The van der Waals surface area contributed by atoms with E-state index in [1.807, 2.05) is 42.5 Å². The number of nitrogens with zero attached hydrogens (tertiary/aromatic N) is 2. The third kappa shape index (κ3) is 4.63. The van der Waals surface area contributed by atoms with Crippen LogP contribution in [-0.4, -0.2) is 42.9 Å². The average molecular weight is 351 g/mol. The third-order valence-electron chi connectivity index (χ3n) is 4.71. The molecule has 0 spiro atoms. The zero-order chi connectivity index (χ0) is 18.4. The summed E-state index contributed by atoms with van der Waals surface area (Å²) in [6.07, 6.45) is 0.850. The van der Waals surface area contributed by atoms with Crippen LogP contribution in [0.15, 0.2) is 54.6 Å². The smallest absolute Gasteiger partial charge is 0.233 e. The summed E-state index contributed by atoms with van der Waals surface area (Å²) in [6.45, 7) is 4.95. The molecule has 2 aromatic carbocycles. The van der Waals surface area contributed by atoms with Gasteiger partial charge in [0, 0.05) is 37.6 Å². The molecule has 1 fully saturated rings. The van der Waals surface area contributed by atoms with Gasteiger partial charge in [-0.3, -0.25) is 9.59 Å². The van der Waals surface area contributed by atoms with Crippen molar-refractivity contribution in [2.45, 2.75) is 19.8 Å². The predicted octanol–water partition coefficient (Wildman–Crippen LogP) is 2.93. The Morgan fingerprint density at radius 1 is 0.923 bits per heavy atom. The van der Waals surface area contributed by atoms with Gasteiger partial charge in [-0.2, -0.15) is 0 Å². The van der Waals surface area contributed by atoms with Crippen LogP contribution >= 0.6 is 0 Å². The number of anilines is 2. The van der Waals surface area contributed by atoms with Gasteiger partial charge in [0.1, 0.15) is 6.42 Å². The summed E-state index contributed by atoms with van der Waals surface area (Å²) in [6, 6.07) is 17.9. The van der Waals surface area contributed by atoms with Crippen LogP contribution in [-0.2, 0) is 16.0 Å². The van der Waals surface area contributed by atoms with E-state index in [0.29, 0.717) is 13.1 Å². The number of rotatable bonds is 5. The maximum absolute atomic E-state index is 12.4. The number of hydrogen-bond donors (Lipinski definition) is 1. The molecule has 26 heavy (non-hydrogen) atoms. The number of amides is 2. The first-order chi connectivity index (χ1) is 12.7. The van der Waals surface area contributed by atoms with Gasteiger partial charge in [-0.05, 0) is 36.2 Å². The predicted molar refractivity (Wildman–Crippen MR) is 104 cm³/mol. The Kier molecular flexibility index (Phi) is 5.89. The topological polar surface area (TPSA) is 52.7 Å². The molecule has 0 aliphatic carbocycles. The Morgan fingerprint density at radius 2 is 1.58 bits per heavy atom. The van der Waals surface area contributed by atoms with Gasteiger partial charge < -0.3 is 15.1 Å². The number of hydrogen-bond acceptors (Lipinski definition) is 3. The molecule has 0 saturated carbocycles. The number of benzene rings is 2. The number of aryl methyl sites for hydroxylation is 1. The summed E-state index contributed by atoms with van der Waals surface area (Å²) < 4.78 is 0.